The van der Waals surface area contributed by atoms with E-state index in [4.69, 9.17) is 16.7 Å². The van der Waals surface area contributed by atoms with E-state index in [0.29, 0.717) is 10.9 Å². The van der Waals surface area contributed by atoms with Crippen molar-refractivity contribution in [1.82, 2.24) is 0 Å². The van der Waals surface area contributed by atoms with Crippen LogP contribution in [0.15, 0.2) is 84.0 Å². The summed E-state index contributed by atoms with van der Waals surface area (Å²) in [5.41, 5.74) is 3.87. The van der Waals surface area contributed by atoms with Crippen LogP contribution in [0.4, 0.5) is 17.1 Å². The Balaban J connectivity index is 1.86. The normalized spacial score (nSPS) is 15.9. The number of anilines is 3. The molecule has 152 valence electrons. The molecule has 6 heteroatoms. The van der Waals surface area contributed by atoms with Crippen LogP contribution in [-0.4, -0.2) is 25.7 Å². The van der Waals surface area contributed by atoms with Crippen molar-refractivity contribution in [2.24, 2.45) is 5.10 Å². The first-order chi connectivity index (χ1) is 14.5. The zero-order valence-corrected chi connectivity index (χ0v) is 17.9. The van der Waals surface area contributed by atoms with Crippen molar-refractivity contribution < 1.29 is 4.79 Å². The van der Waals surface area contributed by atoms with Crippen molar-refractivity contribution in [3.8, 4) is 0 Å². The zero-order chi connectivity index (χ0) is 21.3. The molecule has 30 heavy (non-hydrogen) atoms. The minimum Gasteiger partial charge on any atom is -0.378 e. The van der Waals surface area contributed by atoms with Gasteiger partial charge in [0.2, 0.25) is 0 Å². The molecular formula is C24H23ClN4O. The third kappa shape index (κ3) is 3.76. The first-order valence-electron chi connectivity index (χ1n) is 9.71. The molecule has 0 bridgehead atoms. The lowest BCUT2D eigenvalue weighted by Crippen LogP contribution is -2.37. The molecule has 1 aliphatic rings. The van der Waals surface area contributed by atoms with Gasteiger partial charge in [-0.2, -0.15) is 0 Å². The van der Waals surface area contributed by atoms with Crippen molar-refractivity contribution in [2.45, 2.75) is 13.1 Å². The maximum atomic E-state index is 12.6. The third-order valence-electron chi connectivity index (χ3n) is 5.05. The molecule has 0 N–H and O–H groups in total. The van der Waals surface area contributed by atoms with E-state index in [1.807, 2.05) is 108 Å². The molecule has 0 saturated carbocycles. The number of ketones is 1. The second kappa shape index (κ2) is 8.20. The minimum absolute atomic E-state index is 0.0934. The topological polar surface area (TPSA) is 39.2 Å². The van der Waals surface area contributed by atoms with E-state index >= 15 is 0 Å². The first-order valence-corrected chi connectivity index (χ1v) is 10.1. The molecule has 0 aromatic heterocycles. The van der Waals surface area contributed by atoms with Gasteiger partial charge in [-0.15, -0.1) is 5.10 Å². The average Bonchev–Trinajstić information content (AvgIpc) is 3.16. The Labute approximate surface area is 181 Å². The smallest absolute Gasteiger partial charge is 0.198 e. The molecule has 5 nitrogen and oxygen atoms in total. The summed E-state index contributed by atoms with van der Waals surface area (Å²) in [7, 11) is 4.00. The van der Waals surface area contributed by atoms with E-state index in [-0.39, 0.29) is 11.9 Å². The summed E-state index contributed by atoms with van der Waals surface area (Å²) in [5.74, 6) is 0.306. The van der Waals surface area contributed by atoms with Gasteiger partial charge in [-0.1, -0.05) is 41.9 Å². The summed E-state index contributed by atoms with van der Waals surface area (Å²) in [5, 5.41) is 7.29. The average molecular weight is 419 g/mol. The Morgan fingerprint density at radius 2 is 1.53 bits per heavy atom. The molecule has 0 radical (unpaired) electrons. The monoisotopic (exact) mass is 418 g/mol. The summed E-state index contributed by atoms with van der Waals surface area (Å²) in [4.78, 5) is 16.6. The Bertz CT molecular complexity index is 1060. The molecule has 3 aromatic rings. The second-order valence-electron chi connectivity index (χ2n) is 7.37. The van der Waals surface area contributed by atoms with Crippen LogP contribution in [0.3, 0.4) is 0 Å². The fourth-order valence-corrected chi connectivity index (χ4v) is 3.68. The van der Waals surface area contributed by atoms with E-state index in [0.717, 1.165) is 22.6 Å². The Morgan fingerprint density at radius 3 is 2.10 bits per heavy atom. The van der Waals surface area contributed by atoms with Crippen LogP contribution < -0.4 is 14.8 Å². The maximum absolute atomic E-state index is 12.6. The Kier molecular flexibility index (Phi) is 5.46. The molecule has 3 aromatic carbocycles. The highest BCUT2D eigenvalue weighted by atomic mass is 35.5. The maximum Gasteiger partial charge on any atom is 0.198 e. The van der Waals surface area contributed by atoms with Gasteiger partial charge in [0.05, 0.1) is 5.69 Å². The number of carbonyl (C=O) groups excluding carboxylic acids is 1. The van der Waals surface area contributed by atoms with Gasteiger partial charge in [0, 0.05) is 37.4 Å². The number of hydrazone groups is 1. The van der Waals surface area contributed by atoms with Gasteiger partial charge in [-0.25, -0.2) is 5.01 Å². The van der Waals surface area contributed by atoms with Gasteiger partial charge in [0.25, 0.3) is 0 Å². The lowest BCUT2D eigenvalue weighted by molar-refractivity contribution is -0.111. The number of Topliss-reactive ketones (excluding diaryl/α,β-unsaturated/α-hetero) is 1. The molecule has 0 fully saturated rings. The number of hydrogen-bond acceptors (Lipinski definition) is 5. The fourth-order valence-electron chi connectivity index (χ4n) is 3.55. The highest BCUT2D eigenvalue weighted by Crippen LogP contribution is 2.39. The number of nitrogens with zero attached hydrogens (tertiary/aromatic N) is 4. The predicted molar refractivity (Wildman–Crippen MR) is 124 cm³/mol. The largest absolute Gasteiger partial charge is 0.378 e. The van der Waals surface area contributed by atoms with Crippen LogP contribution in [0, 0.1) is 0 Å². The van der Waals surface area contributed by atoms with Crippen LogP contribution >= 0.6 is 11.6 Å². The number of amidine groups is 1. The molecule has 1 aliphatic heterocycles. The lowest BCUT2D eigenvalue weighted by atomic mass is 10.1. The molecule has 0 spiro atoms. The number of para-hydroxylation sites is 1. The van der Waals surface area contributed by atoms with Crippen LogP contribution in [0.25, 0.3) is 0 Å². The number of halogens is 1. The zero-order valence-electron chi connectivity index (χ0n) is 17.2. The number of hydrogen-bond donors (Lipinski definition) is 0. The fraction of sp³-hybridized carbons (Fsp3) is 0.167. The van der Waals surface area contributed by atoms with E-state index in [9.17, 15) is 4.79 Å². The van der Waals surface area contributed by atoms with E-state index in [1.54, 1.807) is 6.92 Å². The van der Waals surface area contributed by atoms with Crippen molar-refractivity contribution in [3.63, 3.8) is 0 Å². The Hall–Kier alpha value is -3.31. The lowest BCUT2D eigenvalue weighted by Gasteiger charge is -2.32. The summed E-state index contributed by atoms with van der Waals surface area (Å²) in [6.07, 6.45) is -0.311. The van der Waals surface area contributed by atoms with Gasteiger partial charge in [0.15, 0.2) is 17.8 Å². The molecule has 0 aliphatic carbocycles. The van der Waals surface area contributed by atoms with Crippen LogP contribution in [0.2, 0.25) is 5.02 Å². The second-order valence-corrected chi connectivity index (χ2v) is 7.80. The molecule has 1 atom stereocenters. The quantitative estimate of drug-likeness (QED) is 0.561. The molecular weight excluding hydrogens is 396 g/mol. The van der Waals surface area contributed by atoms with Crippen molar-refractivity contribution >= 4 is 40.3 Å². The van der Waals surface area contributed by atoms with Crippen LogP contribution in [-0.2, 0) is 4.79 Å². The molecule has 0 unspecified atom stereocenters. The van der Waals surface area contributed by atoms with Crippen molar-refractivity contribution in [1.29, 1.82) is 0 Å². The van der Waals surface area contributed by atoms with Crippen molar-refractivity contribution in [3.05, 3.63) is 89.4 Å². The standard InChI is InChI=1S/C24H23ClN4O/c1-17(30)23-26-29(22-7-5-4-6-8-22)24(18-9-11-19(25)12-10-18)28(23)21-15-13-20(14-16-21)27(2)3/h4-16,24H,1-3H3/t24-/m1/s1. The summed E-state index contributed by atoms with van der Waals surface area (Å²) >= 11 is 6.14. The highest BCUT2D eigenvalue weighted by Gasteiger charge is 2.39. The first kappa shape index (κ1) is 20.0. The van der Waals surface area contributed by atoms with Gasteiger partial charge >= 0.3 is 0 Å². The Morgan fingerprint density at radius 1 is 0.900 bits per heavy atom. The van der Waals surface area contributed by atoms with Crippen LogP contribution in [0.5, 0.6) is 0 Å². The third-order valence-corrected chi connectivity index (χ3v) is 5.31. The SMILES string of the molecule is CC(=O)C1=NN(c2ccccc2)[C@H](c2ccc(Cl)cc2)N1c1ccc(N(C)C)cc1. The van der Waals surface area contributed by atoms with Gasteiger partial charge in [0.1, 0.15) is 0 Å². The summed E-state index contributed by atoms with van der Waals surface area (Å²) < 4.78 is 0. The summed E-state index contributed by atoms with van der Waals surface area (Å²) in [6.45, 7) is 1.55. The van der Waals surface area contributed by atoms with E-state index in [1.165, 1.54) is 0 Å². The number of benzene rings is 3. The number of rotatable bonds is 5. The van der Waals surface area contributed by atoms with E-state index < -0.39 is 0 Å². The molecule has 0 amide bonds. The van der Waals surface area contributed by atoms with Gasteiger partial charge in [-0.05, 0) is 54.1 Å². The van der Waals surface area contributed by atoms with Crippen molar-refractivity contribution in [2.75, 3.05) is 28.9 Å². The molecule has 1 heterocycles. The number of carbonyl (C=O) groups is 1. The summed E-state index contributed by atoms with van der Waals surface area (Å²) in [6, 6.07) is 25.7. The molecule has 0 saturated heterocycles. The van der Waals surface area contributed by atoms with Crippen LogP contribution in [0.1, 0.15) is 18.7 Å². The van der Waals surface area contributed by atoms with E-state index in [2.05, 4.69) is 0 Å². The molecule has 4 rings (SSSR count). The highest BCUT2D eigenvalue weighted by molar-refractivity contribution is 6.44. The minimum atomic E-state index is -0.311. The van der Waals surface area contributed by atoms with Gasteiger partial charge in [-0.3, -0.25) is 9.69 Å². The predicted octanol–water partition coefficient (Wildman–Crippen LogP) is 5.33. The van der Waals surface area contributed by atoms with Gasteiger partial charge < -0.3 is 4.90 Å².